The van der Waals surface area contributed by atoms with Crippen LogP contribution >= 0.6 is 11.6 Å². The molecule has 0 saturated carbocycles. The molecule has 0 fully saturated rings. The van der Waals surface area contributed by atoms with Crippen LogP contribution in [0.15, 0.2) is 0 Å². The van der Waals surface area contributed by atoms with Gasteiger partial charge < -0.3 is 15.9 Å². The van der Waals surface area contributed by atoms with E-state index < -0.39 is 6.04 Å². The average molecular weight is 256 g/mol. The number of nitrogens with two attached hydrogens (primary N) is 1. The molecule has 0 amide bonds. The maximum absolute atomic E-state index is 10.1. The predicted molar refractivity (Wildman–Crippen MR) is 68.5 cm³/mol. The van der Waals surface area contributed by atoms with Crippen LogP contribution < -0.4 is 5.73 Å². The molecule has 1 aromatic rings. The fraction of sp³-hybridized carbons (Fsp3) is 0.538. The van der Waals surface area contributed by atoms with Crippen molar-refractivity contribution in [1.29, 1.82) is 0 Å². The summed E-state index contributed by atoms with van der Waals surface area (Å²) in [7, 11) is 0. The minimum absolute atomic E-state index is 0.0476. The lowest BCUT2D eigenvalue weighted by molar-refractivity contribution is 0.264. The molecular weight excluding hydrogens is 238 g/mol. The third-order valence-electron chi connectivity index (χ3n) is 3.62. The molecule has 1 aromatic carbocycles. The molecule has 0 radical (unpaired) electrons. The summed E-state index contributed by atoms with van der Waals surface area (Å²) in [6.45, 7) is 1.76. The van der Waals surface area contributed by atoms with Gasteiger partial charge in [0.15, 0.2) is 0 Å². The van der Waals surface area contributed by atoms with Crippen LogP contribution in [0.25, 0.3) is 0 Å². The third kappa shape index (κ3) is 2.03. The molecule has 4 N–H and O–H groups in total. The van der Waals surface area contributed by atoms with Crippen molar-refractivity contribution in [1.82, 2.24) is 0 Å². The van der Waals surface area contributed by atoms with Gasteiger partial charge in [-0.2, -0.15) is 0 Å². The van der Waals surface area contributed by atoms with Gasteiger partial charge in [0.05, 0.1) is 17.7 Å². The first-order valence-corrected chi connectivity index (χ1v) is 6.34. The van der Waals surface area contributed by atoms with Gasteiger partial charge >= 0.3 is 0 Å². The molecule has 1 atom stereocenters. The number of benzene rings is 1. The number of phenols is 1. The van der Waals surface area contributed by atoms with E-state index >= 15 is 0 Å². The van der Waals surface area contributed by atoms with Gasteiger partial charge in [-0.25, -0.2) is 0 Å². The average Bonchev–Trinajstić information content (AvgIpc) is 2.36. The number of aromatic hydroxyl groups is 1. The Labute approximate surface area is 106 Å². The first-order valence-electron chi connectivity index (χ1n) is 5.97. The van der Waals surface area contributed by atoms with Crippen LogP contribution in [-0.2, 0) is 12.8 Å². The Balaban J connectivity index is 2.65. The Morgan fingerprint density at radius 3 is 2.47 bits per heavy atom. The lowest BCUT2D eigenvalue weighted by Crippen LogP contribution is -2.18. The SMILES string of the molecule is Cc1c2c(c(Cl)c(O)c1C(N)CO)CCCC2. The molecule has 3 nitrogen and oxygen atoms in total. The fourth-order valence-electron chi connectivity index (χ4n) is 2.71. The van der Waals surface area contributed by atoms with Gasteiger partial charge in [0.2, 0.25) is 0 Å². The Morgan fingerprint density at radius 2 is 1.88 bits per heavy atom. The highest BCUT2D eigenvalue weighted by atomic mass is 35.5. The van der Waals surface area contributed by atoms with Crippen molar-refractivity contribution >= 4 is 11.6 Å². The van der Waals surface area contributed by atoms with Gasteiger partial charge in [0.1, 0.15) is 5.75 Å². The maximum Gasteiger partial charge on any atom is 0.139 e. The Morgan fingerprint density at radius 1 is 1.29 bits per heavy atom. The van der Waals surface area contributed by atoms with Gasteiger partial charge in [-0.15, -0.1) is 0 Å². The highest BCUT2D eigenvalue weighted by Gasteiger charge is 2.24. The monoisotopic (exact) mass is 255 g/mol. The third-order valence-corrected chi connectivity index (χ3v) is 4.03. The molecule has 0 spiro atoms. The van der Waals surface area contributed by atoms with E-state index in [-0.39, 0.29) is 12.4 Å². The van der Waals surface area contributed by atoms with E-state index in [0.717, 1.165) is 36.8 Å². The van der Waals surface area contributed by atoms with Crippen molar-refractivity contribution in [2.24, 2.45) is 5.73 Å². The summed E-state index contributed by atoms with van der Waals surface area (Å²) >= 11 is 6.20. The summed E-state index contributed by atoms with van der Waals surface area (Å²) < 4.78 is 0. The molecule has 0 saturated heterocycles. The van der Waals surface area contributed by atoms with E-state index in [1.807, 2.05) is 6.92 Å². The van der Waals surface area contributed by atoms with Crippen LogP contribution in [-0.4, -0.2) is 16.8 Å². The molecule has 1 aliphatic rings. The van der Waals surface area contributed by atoms with Crippen LogP contribution in [0, 0.1) is 6.92 Å². The molecule has 0 bridgehead atoms. The van der Waals surface area contributed by atoms with Gasteiger partial charge in [-0.1, -0.05) is 11.6 Å². The second-order valence-corrected chi connectivity index (χ2v) is 5.03. The second-order valence-electron chi connectivity index (χ2n) is 4.65. The number of hydrogen-bond donors (Lipinski definition) is 3. The Bertz CT molecular complexity index is 446. The van der Waals surface area contributed by atoms with E-state index in [9.17, 15) is 5.11 Å². The van der Waals surface area contributed by atoms with Crippen molar-refractivity contribution in [2.45, 2.75) is 38.6 Å². The first-order chi connectivity index (χ1) is 8.07. The zero-order valence-corrected chi connectivity index (χ0v) is 10.7. The molecule has 0 aromatic heterocycles. The topological polar surface area (TPSA) is 66.5 Å². The number of rotatable bonds is 2. The largest absolute Gasteiger partial charge is 0.506 e. The number of aliphatic hydroxyl groups is 1. The lowest BCUT2D eigenvalue weighted by Gasteiger charge is -2.25. The molecule has 0 aliphatic heterocycles. The van der Waals surface area contributed by atoms with Crippen LogP contribution in [0.3, 0.4) is 0 Å². The molecular formula is C13H18ClNO2. The van der Waals surface area contributed by atoms with Crippen LogP contribution in [0.1, 0.15) is 41.1 Å². The fourth-order valence-corrected chi connectivity index (χ4v) is 3.02. The van der Waals surface area contributed by atoms with Crippen molar-refractivity contribution in [3.63, 3.8) is 0 Å². The minimum Gasteiger partial charge on any atom is -0.506 e. The van der Waals surface area contributed by atoms with Crippen molar-refractivity contribution < 1.29 is 10.2 Å². The van der Waals surface area contributed by atoms with Gasteiger partial charge in [0.25, 0.3) is 0 Å². The van der Waals surface area contributed by atoms with E-state index in [0.29, 0.717) is 10.6 Å². The summed E-state index contributed by atoms with van der Waals surface area (Å²) in [5.74, 6) is 0.0476. The van der Waals surface area contributed by atoms with Crippen molar-refractivity contribution in [2.75, 3.05) is 6.61 Å². The quantitative estimate of drug-likeness (QED) is 0.759. The molecule has 2 rings (SSSR count). The lowest BCUT2D eigenvalue weighted by atomic mass is 9.84. The van der Waals surface area contributed by atoms with E-state index in [1.54, 1.807) is 0 Å². The summed E-state index contributed by atoms with van der Waals surface area (Å²) in [5, 5.41) is 19.7. The van der Waals surface area contributed by atoms with Gasteiger partial charge in [-0.3, -0.25) is 0 Å². The molecule has 4 heteroatoms. The standard InChI is InChI=1S/C13H18ClNO2/c1-7-8-4-2-3-5-9(8)12(14)13(17)11(7)10(15)6-16/h10,16-17H,2-6,15H2,1H3. The zero-order chi connectivity index (χ0) is 12.6. The number of fused-ring (bicyclic) bond motifs is 1. The summed E-state index contributed by atoms with van der Waals surface area (Å²) in [6.07, 6.45) is 4.14. The molecule has 1 aliphatic carbocycles. The van der Waals surface area contributed by atoms with Crippen LogP contribution in [0.2, 0.25) is 5.02 Å². The van der Waals surface area contributed by atoms with Crippen LogP contribution in [0.5, 0.6) is 5.75 Å². The second kappa shape index (κ2) is 4.84. The summed E-state index contributed by atoms with van der Waals surface area (Å²) in [6, 6.07) is -0.570. The molecule has 0 heterocycles. The summed E-state index contributed by atoms with van der Waals surface area (Å²) in [5.41, 5.74) is 9.68. The van der Waals surface area contributed by atoms with E-state index in [4.69, 9.17) is 22.4 Å². The van der Waals surface area contributed by atoms with E-state index in [2.05, 4.69) is 0 Å². The van der Waals surface area contributed by atoms with Gasteiger partial charge in [0, 0.05) is 5.56 Å². The first kappa shape index (κ1) is 12.7. The predicted octanol–water partition coefficient (Wildman–Crippen LogP) is 2.22. The number of hydrogen-bond acceptors (Lipinski definition) is 3. The number of halogens is 1. The Kier molecular flexibility index (Phi) is 3.61. The normalized spacial score (nSPS) is 16.7. The van der Waals surface area contributed by atoms with Crippen molar-refractivity contribution in [3.05, 3.63) is 27.3 Å². The highest BCUT2D eigenvalue weighted by molar-refractivity contribution is 6.33. The zero-order valence-electron chi connectivity index (χ0n) is 9.96. The summed E-state index contributed by atoms with van der Waals surface area (Å²) in [4.78, 5) is 0. The smallest absolute Gasteiger partial charge is 0.139 e. The van der Waals surface area contributed by atoms with Crippen molar-refractivity contribution in [3.8, 4) is 5.75 Å². The molecule has 17 heavy (non-hydrogen) atoms. The van der Waals surface area contributed by atoms with Crippen LogP contribution in [0.4, 0.5) is 0 Å². The minimum atomic E-state index is -0.570. The van der Waals surface area contributed by atoms with Gasteiger partial charge in [-0.05, 0) is 49.3 Å². The maximum atomic E-state index is 10.1. The Hall–Kier alpha value is -0.770. The number of aliphatic hydroxyl groups excluding tert-OH is 1. The molecule has 94 valence electrons. The number of phenolic OH excluding ortho intramolecular Hbond substituents is 1. The molecule has 1 unspecified atom stereocenters. The van der Waals surface area contributed by atoms with E-state index in [1.165, 1.54) is 5.56 Å². The highest BCUT2D eigenvalue weighted by Crippen LogP contribution is 2.42.